The topological polar surface area (TPSA) is 76.8 Å². The van der Waals surface area contributed by atoms with Gasteiger partial charge < -0.3 is 10.5 Å². The van der Waals surface area contributed by atoms with Gasteiger partial charge in [0.25, 0.3) is 0 Å². The quantitative estimate of drug-likeness (QED) is 0.645. The van der Waals surface area contributed by atoms with Crippen molar-refractivity contribution in [2.75, 3.05) is 5.73 Å². The number of hydrogen-bond acceptors (Lipinski definition) is 4. The minimum absolute atomic E-state index is 0.455. The summed E-state index contributed by atoms with van der Waals surface area (Å²) in [5, 5.41) is 6.64. The summed E-state index contributed by atoms with van der Waals surface area (Å²) in [6, 6.07) is 3.45. The van der Waals surface area contributed by atoms with Crippen LogP contribution in [0.3, 0.4) is 0 Å². The lowest BCUT2D eigenvalue weighted by atomic mass is 10.1. The van der Waals surface area contributed by atoms with E-state index in [4.69, 9.17) is 10.5 Å². The first-order valence-corrected chi connectivity index (χ1v) is 6.11. The summed E-state index contributed by atoms with van der Waals surface area (Å²) in [5.74, 6) is 1.73. The smallest absolute Gasteiger partial charge is 0.145 e. The fourth-order valence-electron chi connectivity index (χ4n) is 1.55. The van der Waals surface area contributed by atoms with Gasteiger partial charge in [-0.15, -0.1) is 0 Å². The molecule has 2 heterocycles. The molecule has 2 rings (SSSR count). The van der Waals surface area contributed by atoms with Gasteiger partial charge in [-0.2, -0.15) is 5.10 Å². The molecule has 3 N–H and O–H groups in total. The number of nitrogens with zero attached hydrogens (tertiary/aromatic N) is 2. The van der Waals surface area contributed by atoms with E-state index in [0.717, 1.165) is 11.1 Å². The molecule has 0 radical (unpaired) electrons. The van der Waals surface area contributed by atoms with E-state index in [-0.39, 0.29) is 0 Å². The Morgan fingerprint density at radius 2 is 2.25 bits per heavy atom. The predicted molar refractivity (Wildman–Crippen MR) is 79.8 cm³/mol. The van der Waals surface area contributed by atoms with E-state index in [9.17, 15) is 0 Å². The second-order valence-corrected chi connectivity index (χ2v) is 4.08. The first kappa shape index (κ1) is 13.6. The SMILES string of the molecule is C=C(/C=C(\C=C/C)Oc1ccc(N)nc1)c1cn[nH]c1. The van der Waals surface area contributed by atoms with Gasteiger partial charge in [0.1, 0.15) is 17.3 Å². The van der Waals surface area contributed by atoms with Crippen molar-refractivity contribution in [3.63, 3.8) is 0 Å². The maximum atomic E-state index is 5.74. The van der Waals surface area contributed by atoms with Crippen molar-refractivity contribution in [2.45, 2.75) is 6.92 Å². The summed E-state index contributed by atoms with van der Waals surface area (Å²) in [7, 11) is 0. The van der Waals surface area contributed by atoms with Gasteiger partial charge in [-0.3, -0.25) is 5.10 Å². The number of pyridine rings is 1. The van der Waals surface area contributed by atoms with Crippen LogP contribution in [0.4, 0.5) is 5.82 Å². The van der Waals surface area contributed by atoms with Crippen molar-refractivity contribution in [3.05, 3.63) is 66.9 Å². The molecule has 2 aromatic heterocycles. The molecule has 0 saturated heterocycles. The van der Waals surface area contributed by atoms with Gasteiger partial charge in [0.15, 0.2) is 0 Å². The minimum atomic E-state index is 0.455. The molecule has 5 nitrogen and oxygen atoms in total. The first-order valence-electron chi connectivity index (χ1n) is 6.11. The molecule has 20 heavy (non-hydrogen) atoms. The van der Waals surface area contributed by atoms with E-state index in [2.05, 4.69) is 21.8 Å². The Hall–Kier alpha value is -2.82. The summed E-state index contributed by atoms with van der Waals surface area (Å²) in [6.07, 6.45) is 10.6. The number of hydrogen-bond donors (Lipinski definition) is 2. The molecule has 0 saturated carbocycles. The van der Waals surface area contributed by atoms with Gasteiger partial charge >= 0.3 is 0 Å². The minimum Gasteiger partial charge on any atom is -0.456 e. The van der Waals surface area contributed by atoms with Gasteiger partial charge in [0, 0.05) is 11.8 Å². The van der Waals surface area contributed by atoms with Crippen LogP contribution in [0.5, 0.6) is 5.75 Å². The molecule has 2 aromatic rings. The molecule has 0 bridgehead atoms. The highest BCUT2D eigenvalue weighted by atomic mass is 16.5. The van der Waals surface area contributed by atoms with Crippen LogP contribution < -0.4 is 10.5 Å². The van der Waals surface area contributed by atoms with Crippen molar-refractivity contribution >= 4 is 11.4 Å². The van der Waals surface area contributed by atoms with Crippen molar-refractivity contribution in [1.82, 2.24) is 15.2 Å². The van der Waals surface area contributed by atoms with Crippen molar-refractivity contribution in [2.24, 2.45) is 0 Å². The van der Waals surface area contributed by atoms with Crippen LogP contribution in [-0.2, 0) is 0 Å². The zero-order valence-corrected chi connectivity index (χ0v) is 11.2. The normalized spacial score (nSPS) is 11.8. The molecule has 0 aromatic carbocycles. The lowest BCUT2D eigenvalue weighted by Gasteiger charge is -2.07. The summed E-state index contributed by atoms with van der Waals surface area (Å²) in [5.41, 5.74) is 7.25. The highest BCUT2D eigenvalue weighted by molar-refractivity contribution is 5.72. The van der Waals surface area contributed by atoms with Gasteiger partial charge in [0.2, 0.25) is 0 Å². The molecule has 0 atom stereocenters. The second kappa shape index (κ2) is 6.38. The average molecular weight is 268 g/mol. The summed E-state index contributed by atoms with van der Waals surface area (Å²) in [6.45, 7) is 5.90. The number of anilines is 1. The van der Waals surface area contributed by atoms with Crippen LogP contribution in [0.2, 0.25) is 0 Å². The van der Waals surface area contributed by atoms with Crippen LogP contribution in [0.15, 0.2) is 61.3 Å². The third-order valence-electron chi connectivity index (χ3n) is 2.51. The fourth-order valence-corrected chi connectivity index (χ4v) is 1.55. The average Bonchev–Trinajstić information content (AvgIpc) is 2.96. The van der Waals surface area contributed by atoms with Crippen molar-refractivity contribution < 1.29 is 4.74 Å². The number of ether oxygens (including phenoxy) is 1. The van der Waals surface area contributed by atoms with Crippen LogP contribution in [0, 0.1) is 0 Å². The number of nitrogen functional groups attached to an aromatic ring is 1. The van der Waals surface area contributed by atoms with E-state index in [1.807, 2.05) is 25.2 Å². The van der Waals surface area contributed by atoms with Crippen molar-refractivity contribution in [1.29, 1.82) is 0 Å². The summed E-state index contributed by atoms with van der Waals surface area (Å²) in [4.78, 5) is 3.99. The molecule has 0 aliphatic rings. The summed E-state index contributed by atoms with van der Waals surface area (Å²) < 4.78 is 5.74. The molecule has 102 valence electrons. The molecule has 0 unspecified atom stereocenters. The largest absolute Gasteiger partial charge is 0.456 e. The van der Waals surface area contributed by atoms with E-state index >= 15 is 0 Å². The van der Waals surface area contributed by atoms with Gasteiger partial charge in [-0.25, -0.2) is 4.98 Å². The number of nitrogens with two attached hydrogens (primary N) is 1. The highest BCUT2D eigenvalue weighted by Gasteiger charge is 2.02. The molecular weight excluding hydrogens is 252 g/mol. The molecule has 0 aliphatic carbocycles. The van der Waals surface area contributed by atoms with E-state index in [0.29, 0.717) is 17.3 Å². The number of allylic oxidation sites excluding steroid dienone is 4. The van der Waals surface area contributed by atoms with E-state index in [1.54, 1.807) is 30.7 Å². The third-order valence-corrected chi connectivity index (χ3v) is 2.51. The molecule has 0 aliphatic heterocycles. The number of aromatic amines is 1. The molecule has 0 fully saturated rings. The standard InChI is InChI=1S/C15H16N4O/c1-3-4-13(7-11(2)12-8-18-19-9-12)20-14-5-6-15(16)17-10-14/h3-10H,2H2,1H3,(H2,16,17)(H,18,19)/b4-3-,13-7+. The monoisotopic (exact) mass is 268 g/mol. The zero-order chi connectivity index (χ0) is 14.4. The molecule has 5 heteroatoms. The maximum absolute atomic E-state index is 5.74. The van der Waals surface area contributed by atoms with Gasteiger partial charge in [0.05, 0.1) is 12.4 Å². The molecular formula is C15H16N4O. The Bertz CT molecular complexity index is 624. The number of H-pyrrole nitrogens is 1. The van der Waals surface area contributed by atoms with Gasteiger partial charge in [-0.1, -0.05) is 12.7 Å². The lowest BCUT2D eigenvalue weighted by molar-refractivity contribution is 0.443. The Morgan fingerprint density at radius 1 is 1.40 bits per heavy atom. The van der Waals surface area contributed by atoms with Crippen LogP contribution in [0.1, 0.15) is 12.5 Å². The molecule has 0 amide bonds. The van der Waals surface area contributed by atoms with Crippen LogP contribution in [0.25, 0.3) is 5.57 Å². The highest BCUT2D eigenvalue weighted by Crippen LogP contribution is 2.18. The Balaban J connectivity index is 2.18. The predicted octanol–water partition coefficient (Wildman–Crippen LogP) is 2.94. The Morgan fingerprint density at radius 3 is 2.85 bits per heavy atom. The van der Waals surface area contributed by atoms with Crippen molar-refractivity contribution in [3.8, 4) is 5.75 Å². The van der Waals surface area contributed by atoms with E-state index in [1.165, 1.54) is 0 Å². The maximum Gasteiger partial charge on any atom is 0.145 e. The van der Waals surface area contributed by atoms with Crippen LogP contribution >= 0.6 is 0 Å². The zero-order valence-electron chi connectivity index (χ0n) is 11.2. The Kier molecular flexibility index (Phi) is 4.34. The number of aromatic nitrogens is 3. The third kappa shape index (κ3) is 3.58. The van der Waals surface area contributed by atoms with Gasteiger partial charge in [-0.05, 0) is 36.8 Å². The van der Waals surface area contributed by atoms with E-state index < -0.39 is 0 Å². The second-order valence-electron chi connectivity index (χ2n) is 4.08. The summed E-state index contributed by atoms with van der Waals surface area (Å²) >= 11 is 0. The van der Waals surface area contributed by atoms with Crippen LogP contribution in [-0.4, -0.2) is 15.2 Å². The fraction of sp³-hybridized carbons (Fsp3) is 0.0667. The first-order chi connectivity index (χ1) is 9.69. The lowest BCUT2D eigenvalue weighted by Crippen LogP contribution is -1.95. The Labute approximate surface area is 117 Å². The number of rotatable bonds is 5. The number of nitrogens with one attached hydrogen (secondary N) is 1. The molecule has 0 spiro atoms.